The number of anilines is 2. The standard InChI is InChI=1S/C14H14FIN2/c15-12-4-2-1-3-10(12)7-8-18-14-6-5-11(17)9-13(14)16/h1-6,9,18H,7-8,17H2. The van der Waals surface area contributed by atoms with Crippen molar-refractivity contribution in [2.24, 2.45) is 0 Å². The molecular formula is C14H14FIN2. The Morgan fingerprint density at radius 2 is 1.94 bits per heavy atom. The highest BCUT2D eigenvalue weighted by Gasteiger charge is 2.02. The molecule has 0 fully saturated rings. The molecule has 0 spiro atoms. The summed E-state index contributed by atoms with van der Waals surface area (Å²) in [6.45, 7) is 0.695. The van der Waals surface area contributed by atoms with E-state index in [9.17, 15) is 4.39 Å². The van der Waals surface area contributed by atoms with Gasteiger partial charge in [0.2, 0.25) is 0 Å². The zero-order chi connectivity index (χ0) is 13.0. The van der Waals surface area contributed by atoms with E-state index in [1.54, 1.807) is 6.07 Å². The Hall–Kier alpha value is -1.30. The van der Waals surface area contributed by atoms with Crippen molar-refractivity contribution in [1.82, 2.24) is 0 Å². The molecule has 18 heavy (non-hydrogen) atoms. The van der Waals surface area contributed by atoms with E-state index in [4.69, 9.17) is 5.73 Å². The number of halogens is 2. The molecule has 4 heteroatoms. The molecular weight excluding hydrogens is 342 g/mol. The lowest BCUT2D eigenvalue weighted by molar-refractivity contribution is 0.610. The minimum Gasteiger partial charge on any atom is -0.399 e. The third-order valence-corrected chi connectivity index (χ3v) is 3.55. The van der Waals surface area contributed by atoms with Crippen molar-refractivity contribution in [1.29, 1.82) is 0 Å². The summed E-state index contributed by atoms with van der Waals surface area (Å²) in [6.07, 6.45) is 0.660. The van der Waals surface area contributed by atoms with Crippen molar-refractivity contribution in [2.75, 3.05) is 17.6 Å². The van der Waals surface area contributed by atoms with Crippen LogP contribution in [0.1, 0.15) is 5.56 Å². The van der Waals surface area contributed by atoms with E-state index in [0.717, 1.165) is 20.5 Å². The Morgan fingerprint density at radius 3 is 2.67 bits per heavy atom. The first kappa shape index (κ1) is 13.1. The van der Waals surface area contributed by atoms with Crippen LogP contribution in [0.25, 0.3) is 0 Å². The highest BCUT2D eigenvalue weighted by molar-refractivity contribution is 14.1. The predicted molar refractivity (Wildman–Crippen MR) is 82.2 cm³/mol. The van der Waals surface area contributed by atoms with Crippen LogP contribution in [-0.2, 0) is 6.42 Å². The molecule has 0 aliphatic heterocycles. The molecule has 2 rings (SSSR count). The van der Waals surface area contributed by atoms with Crippen LogP contribution in [0.15, 0.2) is 42.5 Å². The topological polar surface area (TPSA) is 38.0 Å². The van der Waals surface area contributed by atoms with Crippen molar-refractivity contribution in [3.8, 4) is 0 Å². The molecule has 0 aliphatic carbocycles. The lowest BCUT2D eigenvalue weighted by Crippen LogP contribution is -2.07. The van der Waals surface area contributed by atoms with Crippen molar-refractivity contribution >= 4 is 34.0 Å². The summed E-state index contributed by atoms with van der Waals surface area (Å²) in [4.78, 5) is 0. The maximum atomic E-state index is 13.4. The third-order valence-electron chi connectivity index (χ3n) is 2.66. The van der Waals surface area contributed by atoms with E-state index in [0.29, 0.717) is 13.0 Å². The molecule has 0 saturated heterocycles. The van der Waals surface area contributed by atoms with Gasteiger partial charge in [-0.15, -0.1) is 0 Å². The smallest absolute Gasteiger partial charge is 0.126 e. The molecule has 2 aromatic rings. The second-order valence-corrected chi connectivity index (χ2v) is 5.17. The fourth-order valence-electron chi connectivity index (χ4n) is 1.71. The SMILES string of the molecule is Nc1ccc(NCCc2ccccc2F)c(I)c1. The van der Waals surface area contributed by atoms with Crippen LogP contribution in [-0.4, -0.2) is 6.54 Å². The molecule has 0 heterocycles. The number of hydrogen-bond donors (Lipinski definition) is 2. The van der Waals surface area contributed by atoms with Crippen molar-refractivity contribution in [3.05, 3.63) is 57.4 Å². The first-order valence-corrected chi connectivity index (χ1v) is 6.77. The number of rotatable bonds is 4. The zero-order valence-electron chi connectivity index (χ0n) is 9.79. The quantitative estimate of drug-likeness (QED) is 0.648. The van der Waals surface area contributed by atoms with Gasteiger partial charge in [0.05, 0.1) is 0 Å². The molecule has 0 bridgehead atoms. The average molecular weight is 356 g/mol. The summed E-state index contributed by atoms with van der Waals surface area (Å²) in [5.74, 6) is -0.147. The fourth-order valence-corrected chi connectivity index (χ4v) is 2.44. The molecule has 0 amide bonds. The van der Waals surface area contributed by atoms with Crippen LogP contribution in [0.4, 0.5) is 15.8 Å². The summed E-state index contributed by atoms with van der Waals surface area (Å²) in [6, 6.07) is 12.6. The number of benzene rings is 2. The van der Waals surface area contributed by atoms with E-state index in [2.05, 4.69) is 27.9 Å². The van der Waals surface area contributed by atoms with E-state index >= 15 is 0 Å². The van der Waals surface area contributed by atoms with Crippen LogP contribution in [0, 0.1) is 9.39 Å². The summed E-state index contributed by atoms with van der Waals surface area (Å²) < 4.78 is 14.5. The monoisotopic (exact) mass is 356 g/mol. The first-order valence-electron chi connectivity index (χ1n) is 5.69. The molecule has 0 aromatic heterocycles. The minimum absolute atomic E-state index is 0.147. The number of nitrogen functional groups attached to an aromatic ring is 1. The normalized spacial score (nSPS) is 10.3. The Balaban J connectivity index is 1.95. The van der Waals surface area contributed by atoms with Gasteiger partial charge < -0.3 is 11.1 Å². The van der Waals surface area contributed by atoms with Crippen LogP contribution < -0.4 is 11.1 Å². The second kappa shape index (κ2) is 6.04. The number of nitrogens with two attached hydrogens (primary N) is 1. The largest absolute Gasteiger partial charge is 0.399 e. The van der Waals surface area contributed by atoms with Gasteiger partial charge in [0.25, 0.3) is 0 Å². The van der Waals surface area contributed by atoms with Crippen LogP contribution in [0.2, 0.25) is 0 Å². The minimum atomic E-state index is -0.147. The van der Waals surface area contributed by atoms with Gasteiger partial charge in [-0.05, 0) is 58.8 Å². The molecule has 0 saturated carbocycles. The van der Waals surface area contributed by atoms with Gasteiger partial charge in [0.1, 0.15) is 5.82 Å². The maximum absolute atomic E-state index is 13.4. The number of hydrogen-bond acceptors (Lipinski definition) is 2. The van der Waals surface area contributed by atoms with Crippen LogP contribution >= 0.6 is 22.6 Å². The van der Waals surface area contributed by atoms with Gasteiger partial charge in [0.15, 0.2) is 0 Å². The highest BCUT2D eigenvalue weighted by atomic mass is 127. The second-order valence-electron chi connectivity index (χ2n) is 4.01. The van der Waals surface area contributed by atoms with Gasteiger partial charge in [-0.25, -0.2) is 4.39 Å². The fraction of sp³-hybridized carbons (Fsp3) is 0.143. The lowest BCUT2D eigenvalue weighted by Gasteiger charge is -2.09. The van der Waals surface area contributed by atoms with Gasteiger partial charge in [-0.1, -0.05) is 18.2 Å². The lowest BCUT2D eigenvalue weighted by atomic mass is 10.1. The zero-order valence-corrected chi connectivity index (χ0v) is 11.9. The molecule has 94 valence electrons. The van der Waals surface area contributed by atoms with E-state index in [-0.39, 0.29) is 5.82 Å². The van der Waals surface area contributed by atoms with Crippen LogP contribution in [0.5, 0.6) is 0 Å². The molecule has 0 atom stereocenters. The van der Waals surface area contributed by atoms with Crippen molar-refractivity contribution in [2.45, 2.75) is 6.42 Å². The highest BCUT2D eigenvalue weighted by Crippen LogP contribution is 2.20. The Morgan fingerprint density at radius 1 is 1.17 bits per heavy atom. The summed E-state index contributed by atoms with van der Waals surface area (Å²) in [5.41, 5.74) is 8.19. The van der Waals surface area contributed by atoms with Gasteiger partial charge in [-0.2, -0.15) is 0 Å². The van der Waals surface area contributed by atoms with Gasteiger partial charge in [-0.3, -0.25) is 0 Å². The molecule has 0 unspecified atom stereocenters. The Kier molecular flexibility index (Phi) is 4.41. The predicted octanol–water partition coefficient (Wildman–Crippen LogP) is 3.67. The third kappa shape index (κ3) is 3.35. The average Bonchev–Trinajstić information content (AvgIpc) is 2.34. The molecule has 2 nitrogen and oxygen atoms in total. The van der Waals surface area contributed by atoms with Crippen molar-refractivity contribution < 1.29 is 4.39 Å². The van der Waals surface area contributed by atoms with E-state index in [1.807, 2.05) is 30.3 Å². The summed E-state index contributed by atoms with van der Waals surface area (Å²) >= 11 is 2.23. The molecule has 2 aromatic carbocycles. The Bertz CT molecular complexity index is 543. The van der Waals surface area contributed by atoms with Crippen molar-refractivity contribution in [3.63, 3.8) is 0 Å². The number of nitrogens with one attached hydrogen (secondary N) is 1. The maximum Gasteiger partial charge on any atom is 0.126 e. The van der Waals surface area contributed by atoms with Gasteiger partial charge in [0, 0.05) is 21.5 Å². The molecule has 3 N–H and O–H groups in total. The Labute approximate surface area is 120 Å². The summed E-state index contributed by atoms with van der Waals surface area (Å²) in [5, 5.41) is 3.29. The summed E-state index contributed by atoms with van der Waals surface area (Å²) in [7, 11) is 0. The van der Waals surface area contributed by atoms with Crippen LogP contribution in [0.3, 0.4) is 0 Å². The van der Waals surface area contributed by atoms with E-state index < -0.39 is 0 Å². The van der Waals surface area contributed by atoms with Gasteiger partial charge >= 0.3 is 0 Å². The molecule has 0 radical (unpaired) electrons. The first-order chi connectivity index (χ1) is 8.66. The van der Waals surface area contributed by atoms with E-state index in [1.165, 1.54) is 6.07 Å². The molecule has 0 aliphatic rings.